The molecule has 8 nitrogen and oxygen atoms in total. The van der Waals surface area contributed by atoms with Gasteiger partial charge in [0.15, 0.2) is 17.1 Å². The third kappa shape index (κ3) is 3.09. The number of anilines is 1. The van der Waals surface area contributed by atoms with Crippen molar-refractivity contribution in [3.8, 4) is 17.1 Å². The quantitative estimate of drug-likeness (QED) is 0.677. The van der Waals surface area contributed by atoms with Crippen molar-refractivity contribution in [3.05, 3.63) is 40.4 Å². The van der Waals surface area contributed by atoms with Crippen LogP contribution in [0.3, 0.4) is 0 Å². The Bertz CT molecular complexity index is 1170. The lowest BCUT2D eigenvalue weighted by atomic mass is 9.96. The first-order valence-corrected chi connectivity index (χ1v) is 10.0. The van der Waals surface area contributed by atoms with Gasteiger partial charge in [0.25, 0.3) is 0 Å². The number of halogens is 1. The highest BCUT2D eigenvalue weighted by Gasteiger charge is 2.43. The van der Waals surface area contributed by atoms with Gasteiger partial charge in [0.1, 0.15) is 23.3 Å². The molecule has 0 radical (unpaired) electrons. The fourth-order valence-corrected chi connectivity index (χ4v) is 4.56. The lowest BCUT2D eigenvalue weighted by Gasteiger charge is -2.38. The molecule has 2 aliphatic heterocycles. The minimum absolute atomic E-state index is 0.110. The van der Waals surface area contributed by atoms with Gasteiger partial charge in [-0.2, -0.15) is 0 Å². The number of phenols is 1. The molecule has 2 fully saturated rings. The maximum absolute atomic E-state index is 14.8. The van der Waals surface area contributed by atoms with Crippen LogP contribution in [0.2, 0.25) is 0 Å². The van der Waals surface area contributed by atoms with E-state index in [1.165, 1.54) is 24.4 Å². The monoisotopic (exact) mass is 411 g/mol. The Labute approximate surface area is 171 Å². The van der Waals surface area contributed by atoms with Crippen LogP contribution in [0.15, 0.2) is 33.6 Å². The Morgan fingerprint density at radius 2 is 2.10 bits per heavy atom. The summed E-state index contributed by atoms with van der Waals surface area (Å²) >= 11 is 0. The van der Waals surface area contributed by atoms with Crippen molar-refractivity contribution in [2.24, 2.45) is 0 Å². The van der Waals surface area contributed by atoms with Crippen LogP contribution in [0.5, 0.6) is 5.75 Å². The van der Waals surface area contributed by atoms with Crippen molar-refractivity contribution in [2.75, 3.05) is 11.9 Å². The van der Waals surface area contributed by atoms with Gasteiger partial charge in [-0.1, -0.05) is 0 Å². The number of nitrogens with zero attached hydrogens (tertiary/aromatic N) is 4. The van der Waals surface area contributed by atoms with Crippen LogP contribution in [0.25, 0.3) is 22.4 Å². The van der Waals surface area contributed by atoms with Crippen LogP contribution in [0.4, 0.5) is 10.2 Å². The van der Waals surface area contributed by atoms with Crippen LogP contribution in [0, 0.1) is 6.92 Å². The molecule has 0 aliphatic carbocycles. The third-order valence-corrected chi connectivity index (χ3v) is 6.17. The minimum Gasteiger partial charge on any atom is -0.507 e. The maximum Gasteiger partial charge on any atom is 0.192 e. The molecular formula is C21H22FN5O3. The Morgan fingerprint density at radius 1 is 1.27 bits per heavy atom. The molecule has 5 rings (SSSR count). The highest BCUT2D eigenvalue weighted by molar-refractivity contribution is 5.85. The number of nitrogens with one attached hydrogen (secondary N) is 1. The molecule has 3 aromatic rings. The molecule has 2 saturated heterocycles. The summed E-state index contributed by atoms with van der Waals surface area (Å²) in [7, 11) is 1.80. The van der Waals surface area contributed by atoms with Gasteiger partial charge in [-0.25, -0.2) is 9.37 Å². The van der Waals surface area contributed by atoms with Gasteiger partial charge in [-0.05, 0) is 32.3 Å². The van der Waals surface area contributed by atoms with Crippen molar-refractivity contribution >= 4 is 16.8 Å². The Morgan fingerprint density at radius 3 is 2.87 bits per heavy atom. The number of hydrogen-bond acceptors (Lipinski definition) is 8. The van der Waals surface area contributed by atoms with Crippen molar-refractivity contribution in [1.82, 2.24) is 20.5 Å². The van der Waals surface area contributed by atoms with Crippen LogP contribution in [0.1, 0.15) is 25.0 Å². The molecule has 1 aromatic carbocycles. The van der Waals surface area contributed by atoms with E-state index in [0.29, 0.717) is 35.0 Å². The largest absolute Gasteiger partial charge is 0.507 e. The third-order valence-electron chi connectivity index (χ3n) is 6.17. The van der Waals surface area contributed by atoms with Gasteiger partial charge < -0.3 is 19.7 Å². The molecule has 0 unspecified atom stereocenters. The second-order valence-corrected chi connectivity index (χ2v) is 8.13. The summed E-state index contributed by atoms with van der Waals surface area (Å²) in [6, 6.07) is 4.20. The zero-order valence-electron chi connectivity index (χ0n) is 16.7. The van der Waals surface area contributed by atoms with E-state index in [2.05, 4.69) is 20.5 Å². The van der Waals surface area contributed by atoms with E-state index < -0.39 is 6.17 Å². The van der Waals surface area contributed by atoms with Gasteiger partial charge in [-0.3, -0.25) is 4.79 Å². The van der Waals surface area contributed by atoms with E-state index >= 15 is 0 Å². The standard InChI is InChI=1S/C21H22FN5O3/c1-10-5-16(28)12-7-13(17(29)8-18(12)30-10)21-23-9-19(25-26-21)27(2)15-6-11-3-4-14(24-11)20(15)22/h5,7-9,11,14-15,20,24,29H,3-4,6H2,1-2H3/t11-,14+,15-,20+/m0/s1. The lowest BCUT2D eigenvalue weighted by molar-refractivity contribution is 0.176. The smallest absolute Gasteiger partial charge is 0.192 e. The van der Waals surface area contributed by atoms with Crippen LogP contribution in [-0.4, -0.2) is 51.6 Å². The molecule has 9 heteroatoms. The topological polar surface area (TPSA) is 104 Å². The number of fused-ring (bicyclic) bond motifs is 3. The number of benzene rings is 1. The summed E-state index contributed by atoms with van der Waals surface area (Å²) in [6.45, 7) is 1.67. The minimum atomic E-state index is -0.984. The molecule has 2 bridgehead atoms. The van der Waals surface area contributed by atoms with Crippen molar-refractivity contribution in [1.29, 1.82) is 0 Å². The van der Waals surface area contributed by atoms with Gasteiger partial charge in [-0.15, -0.1) is 10.2 Å². The normalized spacial score (nSPS) is 25.6. The van der Waals surface area contributed by atoms with E-state index in [9.17, 15) is 14.3 Å². The summed E-state index contributed by atoms with van der Waals surface area (Å²) < 4.78 is 20.3. The predicted molar refractivity (Wildman–Crippen MR) is 109 cm³/mol. The Kier molecular flexibility index (Phi) is 4.43. The Balaban J connectivity index is 1.45. The number of aromatic hydroxyl groups is 1. The fourth-order valence-electron chi connectivity index (χ4n) is 4.56. The van der Waals surface area contributed by atoms with Crippen molar-refractivity contribution in [3.63, 3.8) is 0 Å². The predicted octanol–water partition coefficient (Wildman–Crippen LogP) is 2.33. The van der Waals surface area contributed by atoms with E-state index in [4.69, 9.17) is 4.42 Å². The van der Waals surface area contributed by atoms with Gasteiger partial charge in [0.2, 0.25) is 0 Å². The summed E-state index contributed by atoms with van der Waals surface area (Å²) in [5.74, 6) is 0.984. The van der Waals surface area contributed by atoms with Crippen LogP contribution >= 0.6 is 0 Å². The summed E-state index contributed by atoms with van der Waals surface area (Å²) in [5.41, 5.74) is 0.359. The number of piperidine rings is 1. The molecule has 2 N–H and O–H groups in total. The number of hydrogen-bond donors (Lipinski definition) is 2. The van der Waals surface area contributed by atoms with Gasteiger partial charge in [0, 0.05) is 31.3 Å². The van der Waals surface area contributed by atoms with E-state index in [-0.39, 0.29) is 34.6 Å². The number of alkyl halides is 1. The molecule has 2 aromatic heterocycles. The van der Waals surface area contributed by atoms with Crippen LogP contribution in [-0.2, 0) is 0 Å². The van der Waals surface area contributed by atoms with Crippen molar-refractivity contribution in [2.45, 2.75) is 50.5 Å². The van der Waals surface area contributed by atoms with Gasteiger partial charge in [0.05, 0.1) is 23.2 Å². The zero-order chi connectivity index (χ0) is 21.0. The SMILES string of the molecule is Cc1cc(=O)c2cc(-c3ncc(N(C)[C@H]4C[C@@H]5CC[C@@H](N5)[C@H]4F)nn3)c(O)cc2o1. The van der Waals surface area contributed by atoms with Gasteiger partial charge >= 0.3 is 0 Å². The average Bonchev–Trinajstić information content (AvgIpc) is 3.13. The maximum atomic E-state index is 14.8. The lowest BCUT2D eigenvalue weighted by Crippen LogP contribution is -2.55. The number of phenolic OH excluding ortho intramolecular Hbond substituents is 1. The Hall–Kier alpha value is -3.07. The van der Waals surface area contributed by atoms with E-state index in [0.717, 1.165) is 12.8 Å². The van der Waals surface area contributed by atoms with E-state index in [1.54, 1.807) is 18.9 Å². The number of rotatable bonds is 3. The fraction of sp³-hybridized carbons (Fsp3) is 0.429. The first-order valence-electron chi connectivity index (χ1n) is 10.0. The molecular weight excluding hydrogens is 389 g/mol. The highest BCUT2D eigenvalue weighted by Crippen LogP contribution is 2.34. The van der Waals surface area contributed by atoms with Crippen LogP contribution < -0.4 is 15.6 Å². The summed E-state index contributed by atoms with van der Waals surface area (Å²) in [5, 5.41) is 22.4. The molecule has 0 spiro atoms. The first kappa shape index (κ1) is 18.9. The number of aromatic nitrogens is 3. The number of aryl methyl sites for hydroxylation is 1. The molecule has 156 valence electrons. The van der Waals surface area contributed by atoms with Crippen molar-refractivity contribution < 1.29 is 13.9 Å². The molecule has 2 aliphatic rings. The zero-order valence-corrected chi connectivity index (χ0v) is 16.7. The highest BCUT2D eigenvalue weighted by atomic mass is 19.1. The molecule has 0 saturated carbocycles. The summed E-state index contributed by atoms with van der Waals surface area (Å²) in [4.78, 5) is 18.4. The second kappa shape index (κ2) is 7.02. The molecule has 4 heterocycles. The summed E-state index contributed by atoms with van der Waals surface area (Å²) in [6.07, 6.45) is 3.08. The van der Waals surface area contributed by atoms with E-state index in [1.807, 2.05) is 0 Å². The average molecular weight is 411 g/mol. The second-order valence-electron chi connectivity index (χ2n) is 8.13. The first-order chi connectivity index (χ1) is 14.4. The molecule has 0 amide bonds. The molecule has 30 heavy (non-hydrogen) atoms. The molecule has 4 atom stereocenters.